The summed E-state index contributed by atoms with van der Waals surface area (Å²) in [6, 6.07) is 0. The van der Waals surface area contributed by atoms with Gasteiger partial charge in [0.25, 0.3) is 0 Å². The third kappa shape index (κ3) is 4.49. The van der Waals surface area contributed by atoms with E-state index in [9.17, 15) is 96.2 Å². The summed E-state index contributed by atoms with van der Waals surface area (Å²) in [7, 11) is -7.31. The van der Waals surface area contributed by atoms with Crippen LogP contribution in [-0.4, -0.2) is 71.4 Å². The predicted octanol–water partition coefficient (Wildman–Crippen LogP) is 6.31. The maximum atomic E-state index is 13.4. The molecule has 36 heavy (non-hydrogen) atoms. The Morgan fingerprint density at radius 2 is 0.722 bits per heavy atom. The average Bonchev–Trinajstić information content (AvgIpc) is 2.57. The highest BCUT2D eigenvalue weighted by Crippen LogP contribution is 2.64. The molecule has 0 rings (SSSR count). The summed E-state index contributed by atoms with van der Waals surface area (Å²) in [4.78, 5) is 0. The molecule has 4 nitrogen and oxygen atoms in total. The summed E-state index contributed by atoms with van der Waals surface area (Å²) in [6.07, 6.45) is -23.8. The SMILES string of the molecule is O=S(=O)(O)C(F)(Cl)C(F)(F)OC(F)(F)C(F)(F)C(F)(F)C(F)(F)C(F)(F)C(F)(F)C(F)(F)C(F)(F)F. The van der Waals surface area contributed by atoms with Crippen molar-refractivity contribution in [3.8, 4) is 0 Å². The second-order valence-electron chi connectivity index (χ2n) is 6.07. The van der Waals surface area contributed by atoms with E-state index >= 15 is 0 Å². The third-order valence-corrected chi connectivity index (χ3v) is 5.30. The van der Waals surface area contributed by atoms with Crippen molar-refractivity contribution >= 4 is 21.7 Å². The topological polar surface area (TPSA) is 63.6 Å². The van der Waals surface area contributed by atoms with E-state index < -0.39 is 68.5 Å². The molecule has 0 amide bonds. The Bertz CT molecular complexity index is 937. The minimum Gasteiger partial charge on any atom is -0.282 e. The van der Waals surface area contributed by atoms with Crippen LogP contribution in [0.1, 0.15) is 0 Å². The van der Waals surface area contributed by atoms with E-state index in [0.717, 1.165) is 0 Å². The monoisotopic (exact) mass is 632 g/mol. The summed E-state index contributed by atoms with van der Waals surface area (Å²) in [5.41, 5.74) is 0. The Balaban J connectivity index is 6.91. The molecule has 1 atom stereocenters. The van der Waals surface area contributed by atoms with E-state index in [2.05, 4.69) is 11.6 Å². The van der Waals surface area contributed by atoms with Gasteiger partial charge in [-0.25, -0.2) is 4.74 Å². The van der Waals surface area contributed by atoms with E-state index in [0.29, 0.717) is 0 Å². The van der Waals surface area contributed by atoms with Crippen LogP contribution in [0.15, 0.2) is 0 Å². The van der Waals surface area contributed by atoms with Gasteiger partial charge in [0, 0.05) is 0 Å². The van der Waals surface area contributed by atoms with Crippen molar-refractivity contribution in [1.29, 1.82) is 0 Å². The number of hydrogen-bond acceptors (Lipinski definition) is 3. The molecule has 0 spiro atoms. The van der Waals surface area contributed by atoms with Crippen molar-refractivity contribution < 1.29 is 106 Å². The van der Waals surface area contributed by atoms with Gasteiger partial charge in [-0.05, 0) is 0 Å². The number of alkyl halides is 21. The van der Waals surface area contributed by atoms with E-state index in [1.54, 1.807) is 0 Å². The fraction of sp³-hybridized carbons (Fsp3) is 1.00. The first kappa shape index (κ1) is 34.8. The van der Waals surface area contributed by atoms with Gasteiger partial charge in [-0.15, -0.1) is 0 Å². The fourth-order valence-electron chi connectivity index (χ4n) is 1.58. The van der Waals surface area contributed by atoms with Gasteiger partial charge in [0.1, 0.15) is 0 Å². The first-order valence-electron chi connectivity index (χ1n) is 7.10. The normalized spacial score (nSPS) is 18.3. The summed E-state index contributed by atoms with van der Waals surface area (Å²) < 4.78 is 282. The van der Waals surface area contributed by atoms with Gasteiger partial charge in [-0.2, -0.15) is 96.2 Å². The summed E-state index contributed by atoms with van der Waals surface area (Å²) in [5.74, 6) is -53.6. The van der Waals surface area contributed by atoms with Crippen LogP contribution in [0.3, 0.4) is 0 Å². The molecule has 0 aromatic heterocycles. The van der Waals surface area contributed by atoms with Crippen molar-refractivity contribution in [3.05, 3.63) is 0 Å². The van der Waals surface area contributed by atoms with Crippen molar-refractivity contribution in [2.75, 3.05) is 0 Å². The summed E-state index contributed by atoms with van der Waals surface area (Å²) in [5, 5.41) is 0. The van der Waals surface area contributed by atoms with Crippen LogP contribution in [0.4, 0.5) is 87.8 Å². The lowest BCUT2D eigenvalue weighted by Crippen LogP contribution is -2.75. The first-order valence-corrected chi connectivity index (χ1v) is 8.91. The number of rotatable bonds is 10. The zero-order valence-corrected chi connectivity index (χ0v) is 16.6. The van der Waals surface area contributed by atoms with Gasteiger partial charge in [0.15, 0.2) is 0 Å². The lowest BCUT2D eigenvalue weighted by molar-refractivity contribution is -0.500. The van der Waals surface area contributed by atoms with Gasteiger partial charge < -0.3 is 0 Å². The summed E-state index contributed by atoms with van der Waals surface area (Å²) >= 11 is 3.69. The van der Waals surface area contributed by atoms with Crippen molar-refractivity contribution in [2.24, 2.45) is 0 Å². The van der Waals surface area contributed by atoms with Gasteiger partial charge in [0.2, 0.25) is 0 Å². The van der Waals surface area contributed by atoms with Gasteiger partial charge in [-0.1, -0.05) is 11.6 Å². The zero-order valence-electron chi connectivity index (χ0n) is 15.0. The van der Waals surface area contributed by atoms with E-state index in [1.807, 2.05) is 0 Å². The van der Waals surface area contributed by atoms with Crippen LogP contribution in [0.2, 0.25) is 0 Å². The maximum absolute atomic E-state index is 13.4. The highest BCUT2D eigenvalue weighted by Gasteiger charge is 2.96. The highest BCUT2D eigenvalue weighted by molar-refractivity contribution is 7.88. The Hall–Kier alpha value is -1.24. The largest absolute Gasteiger partial charge is 0.460 e. The second kappa shape index (κ2) is 8.38. The molecule has 0 saturated heterocycles. The first-order chi connectivity index (χ1) is 15.0. The molecule has 0 aliphatic heterocycles. The standard InChI is InChI=1S/C10HClF20O4S/c11-7(24,36(32,33)34)10(30,31)35-9(28,29)6(22,23)4(18,19)2(14,15)1(12,13)3(16,17)5(20,21)8(25,26)27/h(H,32,33,34). The molecule has 218 valence electrons. The van der Waals surface area contributed by atoms with Crippen LogP contribution in [-0.2, 0) is 14.9 Å². The molecule has 0 aliphatic rings. The average molecular weight is 633 g/mol. The van der Waals surface area contributed by atoms with Crippen molar-refractivity contribution in [2.45, 2.75) is 58.4 Å². The lowest BCUT2D eigenvalue weighted by atomic mass is 9.90. The number of hydrogen-bond donors (Lipinski definition) is 1. The van der Waals surface area contributed by atoms with Gasteiger partial charge >= 0.3 is 68.5 Å². The third-order valence-electron chi connectivity index (χ3n) is 3.61. The molecule has 0 aromatic carbocycles. The predicted molar refractivity (Wildman–Crippen MR) is 68.0 cm³/mol. The Labute approximate surface area is 186 Å². The maximum Gasteiger partial charge on any atom is 0.460 e. The van der Waals surface area contributed by atoms with Crippen LogP contribution >= 0.6 is 11.6 Å². The van der Waals surface area contributed by atoms with Crippen LogP contribution in [0.25, 0.3) is 0 Å². The molecule has 0 bridgehead atoms. The van der Waals surface area contributed by atoms with E-state index in [4.69, 9.17) is 4.55 Å². The molecule has 0 radical (unpaired) electrons. The molecule has 0 fully saturated rings. The number of halogens is 21. The quantitative estimate of drug-likeness (QED) is 0.174. The summed E-state index contributed by atoms with van der Waals surface area (Å²) in [6.45, 7) is 0. The Morgan fingerprint density at radius 3 is 0.972 bits per heavy atom. The molecular weight excluding hydrogens is 632 g/mol. The molecule has 1 N–H and O–H groups in total. The molecule has 0 saturated carbocycles. The van der Waals surface area contributed by atoms with Crippen LogP contribution < -0.4 is 0 Å². The molecule has 26 heteroatoms. The van der Waals surface area contributed by atoms with Crippen LogP contribution in [0, 0.1) is 0 Å². The second-order valence-corrected chi connectivity index (χ2v) is 8.33. The molecule has 1 unspecified atom stereocenters. The molecule has 0 heterocycles. The smallest absolute Gasteiger partial charge is 0.282 e. The Morgan fingerprint density at radius 1 is 0.472 bits per heavy atom. The minimum absolute atomic E-state index is 1.25. The van der Waals surface area contributed by atoms with E-state index in [1.165, 1.54) is 4.74 Å². The van der Waals surface area contributed by atoms with Gasteiger partial charge in [-0.3, -0.25) is 4.55 Å². The number of ether oxygens (including phenoxy) is 1. The van der Waals surface area contributed by atoms with Crippen molar-refractivity contribution in [3.63, 3.8) is 0 Å². The van der Waals surface area contributed by atoms with E-state index in [-0.39, 0.29) is 0 Å². The zero-order chi connectivity index (χ0) is 30.2. The minimum atomic E-state index is -9.17. The molecule has 0 aliphatic carbocycles. The Kier molecular flexibility index (Phi) is 8.09. The fourth-order valence-corrected chi connectivity index (χ4v) is 1.96. The lowest BCUT2D eigenvalue weighted by Gasteiger charge is -2.43. The highest BCUT2D eigenvalue weighted by atomic mass is 35.5. The van der Waals surface area contributed by atoms with Gasteiger partial charge in [0.05, 0.1) is 0 Å². The van der Waals surface area contributed by atoms with Crippen LogP contribution in [0.5, 0.6) is 0 Å². The molecule has 0 aromatic rings. The molecular formula is C10HClF20O4S. The van der Waals surface area contributed by atoms with Crippen molar-refractivity contribution in [1.82, 2.24) is 0 Å².